The number of nitrogens with zero attached hydrogens (tertiary/aromatic N) is 1. The van der Waals surface area contributed by atoms with Crippen LogP contribution in [0.15, 0.2) is 47.6 Å². The third-order valence-corrected chi connectivity index (χ3v) is 4.50. The SMILES string of the molecule is COC1=CC(=O)O/C1=C1/CN2C=CC=CC2C1(C)C(C)=O. The highest BCUT2D eigenvalue weighted by atomic mass is 16.6. The van der Waals surface area contributed by atoms with Gasteiger partial charge in [-0.2, -0.15) is 0 Å². The van der Waals surface area contributed by atoms with Gasteiger partial charge in [0.15, 0.2) is 11.5 Å². The summed E-state index contributed by atoms with van der Waals surface area (Å²) in [7, 11) is 1.49. The fourth-order valence-electron chi connectivity index (χ4n) is 3.18. The first-order valence-corrected chi connectivity index (χ1v) is 6.81. The van der Waals surface area contributed by atoms with Crippen LogP contribution >= 0.6 is 0 Å². The molecule has 3 aliphatic rings. The van der Waals surface area contributed by atoms with E-state index in [-0.39, 0.29) is 11.8 Å². The van der Waals surface area contributed by atoms with Crippen molar-refractivity contribution in [2.45, 2.75) is 19.9 Å². The minimum absolute atomic E-state index is 0.0378. The molecule has 0 N–H and O–H groups in total. The molecule has 2 unspecified atom stereocenters. The Hall–Kier alpha value is -2.30. The Labute approximate surface area is 123 Å². The number of esters is 1. The maximum Gasteiger partial charge on any atom is 0.340 e. The Morgan fingerprint density at radius 1 is 1.48 bits per heavy atom. The lowest BCUT2D eigenvalue weighted by molar-refractivity contribution is -0.132. The van der Waals surface area contributed by atoms with Crippen LogP contribution in [0.2, 0.25) is 0 Å². The van der Waals surface area contributed by atoms with E-state index in [2.05, 4.69) is 4.90 Å². The van der Waals surface area contributed by atoms with Crippen LogP contribution in [0.25, 0.3) is 0 Å². The minimum Gasteiger partial charge on any atom is -0.493 e. The van der Waals surface area contributed by atoms with Gasteiger partial charge in [0.05, 0.1) is 24.6 Å². The van der Waals surface area contributed by atoms with Crippen LogP contribution in [-0.4, -0.2) is 36.3 Å². The summed E-state index contributed by atoms with van der Waals surface area (Å²) in [5.74, 6) is 0.346. The molecular weight excluding hydrogens is 270 g/mol. The molecule has 0 spiro atoms. The number of cyclic esters (lactones) is 1. The Morgan fingerprint density at radius 2 is 2.24 bits per heavy atom. The Balaban J connectivity index is 2.16. The number of rotatable bonds is 2. The molecule has 0 aromatic heterocycles. The molecule has 0 aromatic carbocycles. The van der Waals surface area contributed by atoms with Gasteiger partial charge in [-0.25, -0.2) is 4.79 Å². The van der Waals surface area contributed by atoms with Crippen LogP contribution in [0.1, 0.15) is 13.8 Å². The Bertz CT molecular complexity index is 641. The molecule has 3 heterocycles. The van der Waals surface area contributed by atoms with Gasteiger partial charge in [-0.05, 0) is 26.1 Å². The minimum atomic E-state index is -0.737. The first kappa shape index (κ1) is 13.7. The van der Waals surface area contributed by atoms with Crippen LogP contribution in [0.3, 0.4) is 0 Å². The molecule has 1 fully saturated rings. The molecule has 21 heavy (non-hydrogen) atoms. The molecule has 5 heteroatoms. The van der Waals surface area contributed by atoms with E-state index >= 15 is 0 Å². The molecule has 110 valence electrons. The molecule has 5 nitrogen and oxygen atoms in total. The molecule has 0 aliphatic carbocycles. The topological polar surface area (TPSA) is 55.8 Å². The van der Waals surface area contributed by atoms with Crippen LogP contribution in [0, 0.1) is 5.41 Å². The van der Waals surface area contributed by atoms with E-state index in [1.165, 1.54) is 13.2 Å². The second-order valence-corrected chi connectivity index (χ2v) is 5.54. The maximum atomic E-state index is 12.3. The van der Waals surface area contributed by atoms with Gasteiger partial charge in [0.2, 0.25) is 0 Å². The normalized spacial score (nSPS) is 33.9. The van der Waals surface area contributed by atoms with Crippen molar-refractivity contribution < 1.29 is 19.1 Å². The molecule has 1 saturated heterocycles. The van der Waals surface area contributed by atoms with Gasteiger partial charge >= 0.3 is 5.97 Å². The molecular formula is C16H17NO4. The van der Waals surface area contributed by atoms with E-state index in [4.69, 9.17) is 9.47 Å². The quantitative estimate of drug-likeness (QED) is 0.723. The smallest absolute Gasteiger partial charge is 0.340 e. The van der Waals surface area contributed by atoms with E-state index in [1.807, 2.05) is 31.4 Å². The number of ether oxygens (including phenoxy) is 2. The molecule has 2 atom stereocenters. The zero-order valence-corrected chi connectivity index (χ0v) is 12.3. The van der Waals surface area contributed by atoms with Crippen LogP contribution in [0.4, 0.5) is 0 Å². The highest BCUT2D eigenvalue weighted by molar-refractivity contribution is 5.91. The summed E-state index contributed by atoms with van der Waals surface area (Å²) in [5, 5.41) is 0. The lowest BCUT2D eigenvalue weighted by atomic mass is 9.74. The number of allylic oxidation sites excluding steroid dienone is 2. The molecule has 0 bridgehead atoms. The summed E-state index contributed by atoms with van der Waals surface area (Å²) >= 11 is 0. The average Bonchev–Trinajstić information content (AvgIpc) is 2.98. The van der Waals surface area contributed by atoms with Crippen LogP contribution < -0.4 is 0 Å². The van der Waals surface area contributed by atoms with Crippen molar-refractivity contribution in [3.05, 3.63) is 47.6 Å². The molecule has 3 rings (SSSR count). The highest BCUT2D eigenvalue weighted by Gasteiger charge is 2.52. The Kier molecular flexibility index (Phi) is 3.01. The van der Waals surface area contributed by atoms with Crippen molar-refractivity contribution >= 4 is 11.8 Å². The molecule has 0 radical (unpaired) electrons. The lowest BCUT2D eigenvalue weighted by Crippen LogP contribution is -2.40. The van der Waals surface area contributed by atoms with Crippen molar-refractivity contribution in [1.82, 2.24) is 4.90 Å². The summed E-state index contributed by atoms with van der Waals surface area (Å²) in [4.78, 5) is 26.0. The van der Waals surface area contributed by atoms with E-state index in [9.17, 15) is 9.59 Å². The fourth-order valence-corrected chi connectivity index (χ4v) is 3.18. The monoisotopic (exact) mass is 287 g/mol. The van der Waals surface area contributed by atoms with E-state index in [1.54, 1.807) is 6.92 Å². The summed E-state index contributed by atoms with van der Waals surface area (Å²) in [6.07, 6.45) is 9.13. The van der Waals surface area contributed by atoms with Crippen molar-refractivity contribution in [3.8, 4) is 0 Å². The van der Waals surface area contributed by atoms with E-state index in [0.717, 1.165) is 5.57 Å². The Morgan fingerprint density at radius 3 is 2.90 bits per heavy atom. The van der Waals surface area contributed by atoms with Gasteiger partial charge in [-0.3, -0.25) is 4.79 Å². The first-order valence-electron chi connectivity index (χ1n) is 6.81. The zero-order chi connectivity index (χ0) is 15.2. The molecule has 0 aromatic rings. The number of Topliss-reactive ketones (excluding diaryl/α,β-unsaturated/α-hetero) is 1. The standard InChI is InChI=1S/C16H17NO4/c1-10(18)16(2)11(9-17-7-5-4-6-13(16)17)15-12(20-3)8-14(19)21-15/h4-8,13H,9H2,1-3H3/b15-11-. The van der Waals surface area contributed by atoms with Gasteiger partial charge in [0.1, 0.15) is 5.78 Å². The number of hydrogen-bond donors (Lipinski definition) is 0. The van der Waals surface area contributed by atoms with Gasteiger partial charge in [-0.1, -0.05) is 12.2 Å². The van der Waals surface area contributed by atoms with Gasteiger partial charge in [-0.15, -0.1) is 0 Å². The van der Waals surface area contributed by atoms with Crippen molar-refractivity contribution in [3.63, 3.8) is 0 Å². The predicted octanol–water partition coefficient (Wildman–Crippen LogP) is 1.69. The highest BCUT2D eigenvalue weighted by Crippen LogP contribution is 2.47. The van der Waals surface area contributed by atoms with E-state index < -0.39 is 11.4 Å². The van der Waals surface area contributed by atoms with Crippen molar-refractivity contribution in [1.29, 1.82) is 0 Å². The number of fused-ring (bicyclic) bond motifs is 1. The largest absolute Gasteiger partial charge is 0.493 e. The first-order chi connectivity index (χ1) is 9.98. The summed E-state index contributed by atoms with van der Waals surface area (Å²) in [6, 6.07) is -0.0695. The van der Waals surface area contributed by atoms with Crippen molar-refractivity contribution in [2.75, 3.05) is 13.7 Å². The van der Waals surface area contributed by atoms with Gasteiger partial charge < -0.3 is 14.4 Å². The summed E-state index contributed by atoms with van der Waals surface area (Å²) < 4.78 is 10.5. The van der Waals surface area contributed by atoms with Crippen molar-refractivity contribution in [2.24, 2.45) is 5.41 Å². The summed E-state index contributed by atoms with van der Waals surface area (Å²) in [6.45, 7) is 4.00. The van der Waals surface area contributed by atoms with Crippen LogP contribution in [0.5, 0.6) is 0 Å². The average molecular weight is 287 g/mol. The number of ketones is 1. The fraction of sp³-hybridized carbons (Fsp3) is 0.375. The second kappa shape index (κ2) is 4.62. The molecule has 3 aliphatic heterocycles. The number of methoxy groups -OCH3 is 1. The lowest BCUT2D eigenvalue weighted by Gasteiger charge is -2.32. The second-order valence-electron chi connectivity index (χ2n) is 5.54. The number of hydrogen-bond acceptors (Lipinski definition) is 5. The van der Waals surface area contributed by atoms with E-state index in [0.29, 0.717) is 18.1 Å². The third kappa shape index (κ3) is 1.84. The number of carbonyl (C=O) groups is 2. The zero-order valence-electron chi connectivity index (χ0n) is 12.3. The van der Waals surface area contributed by atoms with Gasteiger partial charge in [0, 0.05) is 12.1 Å². The maximum absolute atomic E-state index is 12.3. The predicted molar refractivity (Wildman–Crippen MR) is 75.8 cm³/mol. The third-order valence-electron chi connectivity index (χ3n) is 4.50. The molecule has 0 amide bonds. The summed E-state index contributed by atoms with van der Waals surface area (Å²) in [5.41, 5.74) is 0.0499. The molecule has 0 saturated carbocycles. The van der Waals surface area contributed by atoms with Gasteiger partial charge in [0.25, 0.3) is 0 Å². The number of carbonyl (C=O) groups excluding carboxylic acids is 2. The van der Waals surface area contributed by atoms with Crippen LogP contribution in [-0.2, 0) is 19.1 Å².